The van der Waals surface area contributed by atoms with E-state index in [1.807, 2.05) is 13.8 Å². The van der Waals surface area contributed by atoms with E-state index in [2.05, 4.69) is 15.9 Å². The summed E-state index contributed by atoms with van der Waals surface area (Å²) in [5.74, 6) is 0. The average Bonchev–Trinajstić information content (AvgIpc) is 2.14. The van der Waals surface area contributed by atoms with Crippen molar-refractivity contribution in [1.82, 2.24) is 4.90 Å². The van der Waals surface area contributed by atoms with Crippen LogP contribution in [-0.4, -0.2) is 48.8 Å². The zero-order chi connectivity index (χ0) is 11.9. The Hall–Kier alpha value is 0.190. The quantitative estimate of drug-likeness (QED) is 0.528. The number of likely N-dealkylation sites (N-methyl/N-ethyl adjacent to an activating group) is 1. The van der Waals surface area contributed by atoms with Crippen molar-refractivity contribution in [2.45, 2.75) is 24.9 Å². The summed E-state index contributed by atoms with van der Waals surface area (Å²) in [6.07, 6.45) is -4.18. The summed E-state index contributed by atoms with van der Waals surface area (Å²) in [6, 6.07) is 0. The largest absolute Gasteiger partial charge is 0.402 e. The first kappa shape index (κ1) is 15.2. The lowest BCUT2D eigenvalue weighted by atomic mass is 10.3. The van der Waals surface area contributed by atoms with Gasteiger partial charge in [-0.2, -0.15) is 13.2 Å². The van der Waals surface area contributed by atoms with Crippen LogP contribution in [-0.2, 0) is 4.74 Å². The Morgan fingerprint density at radius 1 is 1.33 bits per heavy atom. The molecule has 15 heavy (non-hydrogen) atoms. The van der Waals surface area contributed by atoms with E-state index in [4.69, 9.17) is 4.74 Å². The molecule has 0 aromatic rings. The van der Waals surface area contributed by atoms with Gasteiger partial charge >= 0.3 is 6.18 Å². The highest BCUT2D eigenvalue weighted by Crippen LogP contribution is 2.26. The van der Waals surface area contributed by atoms with Gasteiger partial charge in [0.25, 0.3) is 0 Å². The number of hydrogen-bond donors (Lipinski definition) is 0. The molecule has 0 saturated heterocycles. The molecular formula is C9H17BrF3NO. The molecule has 0 saturated carbocycles. The topological polar surface area (TPSA) is 12.5 Å². The molecule has 1 unspecified atom stereocenters. The van der Waals surface area contributed by atoms with Crippen molar-refractivity contribution in [3.8, 4) is 0 Å². The van der Waals surface area contributed by atoms with E-state index < -0.39 is 11.0 Å². The highest BCUT2D eigenvalue weighted by molar-refractivity contribution is 9.09. The van der Waals surface area contributed by atoms with Crippen LogP contribution >= 0.6 is 15.9 Å². The lowest BCUT2D eigenvalue weighted by Gasteiger charge is -2.24. The molecule has 0 aliphatic rings. The Labute approximate surface area is 96.9 Å². The Balaban J connectivity index is 3.88. The second kappa shape index (κ2) is 7.46. The van der Waals surface area contributed by atoms with Gasteiger partial charge < -0.3 is 4.74 Å². The summed E-state index contributed by atoms with van der Waals surface area (Å²) in [5.41, 5.74) is 0. The van der Waals surface area contributed by atoms with Crippen molar-refractivity contribution in [3.05, 3.63) is 0 Å². The maximum Gasteiger partial charge on any atom is 0.402 e. The van der Waals surface area contributed by atoms with E-state index in [1.54, 1.807) is 4.90 Å². The zero-order valence-electron chi connectivity index (χ0n) is 8.98. The Kier molecular flexibility index (Phi) is 7.56. The Morgan fingerprint density at radius 3 is 2.33 bits per heavy atom. The minimum atomic E-state index is -4.18. The Morgan fingerprint density at radius 2 is 1.93 bits per heavy atom. The first-order valence-corrected chi connectivity index (χ1v) is 5.84. The molecule has 0 heterocycles. The van der Waals surface area contributed by atoms with E-state index in [0.29, 0.717) is 26.3 Å². The summed E-state index contributed by atoms with van der Waals surface area (Å²) in [6.45, 7) is 5.85. The number of rotatable bonds is 7. The summed E-state index contributed by atoms with van der Waals surface area (Å²) >= 11 is 2.64. The molecule has 0 rings (SSSR count). The van der Waals surface area contributed by atoms with Crippen molar-refractivity contribution in [3.63, 3.8) is 0 Å². The van der Waals surface area contributed by atoms with Crippen molar-refractivity contribution in [2.24, 2.45) is 0 Å². The van der Waals surface area contributed by atoms with Gasteiger partial charge in [0.15, 0.2) is 0 Å². The molecule has 0 aromatic carbocycles. The number of nitrogens with zero attached hydrogens (tertiary/aromatic N) is 1. The molecule has 2 nitrogen and oxygen atoms in total. The third kappa shape index (κ3) is 7.14. The van der Waals surface area contributed by atoms with Crippen LogP contribution in [0.15, 0.2) is 0 Å². The van der Waals surface area contributed by atoms with Crippen LogP contribution in [0, 0.1) is 0 Å². The van der Waals surface area contributed by atoms with Gasteiger partial charge in [0.1, 0.15) is 4.83 Å². The van der Waals surface area contributed by atoms with Crippen LogP contribution in [0.5, 0.6) is 0 Å². The molecule has 0 aliphatic carbocycles. The van der Waals surface area contributed by atoms with Gasteiger partial charge in [-0.25, -0.2) is 0 Å². The molecule has 0 amide bonds. The second-order valence-electron chi connectivity index (χ2n) is 3.10. The highest BCUT2D eigenvalue weighted by Gasteiger charge is 2.38. The van der Waals surface area contributed by atoms with E-state index in [0.717, 1.165) is 0 Å². The lowest BCUT2D eigenvalue weighted by Crippen LogP contribution is -2.38. The van der Waals surface area contributed by atoms with Crippen LogP contribution < -0.4 is 0 Å². The standard InChI is InChI=1S/C9H17BrF3NO/c1-3-14(5-6-15-4-2)7-8(10)9(11,12)13/h8H,3-7H2,1-2H3. The van der Waals surface area contributed by atoms with Crippen LogP contribution in [0.3, 0.4) is 0 Å². The predicted molar refractivity (Wildman–Crippen MR) is 57.4 cm³/mol. The molecule has 0 N–H and O–H groups in total. The van der Waals surface area contributed by atoms with E-state index in [1.165, 1.54) is 0 Å². The van der Waals surface area contributed by atoms with Gasteiger partial charge in [-0.1, -0.05) is 22.9 Å². The summed E-state index contributed by atoms with van der Waals surface area (Å²) < 4.78 is 41.8. The summed E-state index contributed by atoms with van der Waals surface area (Å²) in [5, 5.41) is 0. The lowest BCUT2D eigenvalue weighted by molar-refractivity contribution is -0.130. The monoisotopic (exact) mass is 291 g/mol. The van der Waals surface area contributed by atoms with Gasteiger partial charge in [-0.15, -0.1) is 0 Å². The van der Waals surface area contributed by atoms with Gasteiger partial charge in [0.05, 0.1) is 6.61 Å². The second-order valence-corrected chi connectivity index (χ2v) is 4.20. The molecular weight excluding hydrogens is 275 g/mol. The van der Waals surface area contributed by atoms with E-state index >= 15 is 0 Å². The molecule has 92 valence electrons. The van der Waals surface area contributed by atoms with E-state index in [-0.39, 0.29) is 6.54 Å². The maximum absolute atomic E-state index is 12.2. The molecule has 1 atom stereocenters. The molecule has 0 bridgehead atoms. The summed E-state index contributed by atoms with van der Waals surface area (Å²) in [4.78, 5) is 0.245. The fraction of sp³-hybridized carbons (Fsp3) is 1.00. The number of hydrogen-bond acceptors (Lipinski definition) is 2. The molecule has 0 aromatic heterocycles. The van der Waals surface area contributed by atoms with Crippen LogP contribution in [0.2, 0.25) is 0 Å². The molecule has 0 spiro atoms. The fourth-order valence-electron chi connectivity index (χ4n) is 1.05. The number of ether oxygens (including phenoxy) is 1. The third-order valence-electron chi connectivity index (χ3n) is 1.98. The SMILES string of the molecule is CCOCCN(CC)CC(Br)C(F)(F)F. The maximum atomic E-state index is 12.2. The van der Waals surface area contributed by atoms with Crippen molar-refractivity contribution in [1.29, 1.82) is 0 Å². The van der Waals surface area contributed by atoms with Crippen molar-refractivity contribution < 1.29 is 17.9 Å². The van der Waals surface area contributed by atoms with Gasteiger partial charge in [-0.05, 0) is 13.5 Å². The van der Waals surface area contributed by atoms with Gasteiger partial charge in [0, 0.05) is 19.7 Å². The first-order chi connectivity index (χ1) is 6.91. The average molecular weight is 292 g/mol. The van der Waals surface area contributed by atoms with Crippen LogP contribution in [0.1, 0.15) is 13.8 Å². The van der Waals surface area contributed by atoms with Crippen molar-refractivity contribution >= 4 is 15.9 Å². The molecule has 6 heteroatoms. The highest BCUT2D eigenvalue weighted by atomic mass is 79.9. The summed E-state index contributed by atoms with van der Waals surface area (Å²) in [7, 11) is 0. The minimum Gasteiger partial charge on any atom is -0.380 e. The van der Waals surface area contributed by atoms with Crippen molar-refractivity contribution in [2.75, 3.05) is 32.8 Å². The normalized spacial score (nSPS) is 14.6. The molecule has 0 radical (unpaired) electrons. The smallest absolute Gasteiger partial charge is 0.380 e. The first-order valence-electron chi connectivity index (χ1n) is 4.92. The predicted octanol–water partition coefficient (Wildman–Crippen LogP) is 2.67. The van der Waals surface area contributed by atoms with Crippen LogP contribution in [0.25, 0.3) is 0 Å². The Bertz CT molecular complexity index is 166. The fourth-order valence-corrected chi connectivity index (χ4v) is 1.46. The zero-order valence-corrected chi connectivity index (χ0v) is 10.6. The third-order valence-corrected chi connectivity index (χ3v) is 2.79. The molecule has 0 aliphatic heterocycles. The van der Waals surface area contributed by atoms with Crippen LogP contribution in [0.4, 0.5) is 13.2 Å². The minimum absolute atomic E-state index is 0.0346. The van der Waals surface area contributed by atoms with E-state index in [9.17, 15) is 13.2 Å². The number of alkyl halides is 4. The number of halogens is 4. The molecule has 0 fully saturated rings. The van der Waals surface area contributed by atoms with Gasteiger partial charge in [-0.3, -0.25) is 4.90 Å². The van der Waals surface area contributed by atoms with Gasteiger partial charge in [0.2, 0.25) is 0 Å².